The van der Waals surface area contributed by atoms with E-state index in [-0.39, 0.29) is 11.8 Å². The normalized spacial score (nSPS) is 13.4. The van der Waals surface area contributed by atoms with Gasteiger partial charge in [-0.15, -0.1) is 0 Å². The van der Waals surface area contributed by atoms with Crippen LogP contribution in [0.5, 0.6) is 0 Å². The molecule has 0 bridgehead atoms. The monoisotopic (exact) mass is 285 g/mol. The van der Waals surface area contributed by atoms with Crippen molar-refractivity contribution in [3.05, 3.63) is 30.1 Å². The first-order chi connectivity index (χ1) is 9.05. The molecule has 1 heterocycles. The first-order valence-electron chi connectivity index (χ1n) is 6.66. The van der Waals surface area contributed by atoms with Crippen molar-refractivity contribution in [2.75, 3.05) is 18.8 Å². The Morgan fingerprint density at radius 2 is 2.16 bits per heavy atom. The minimum absolute atomic E-state index is 0.147. The lowest BCUT2D eigenvalue weighted by atomic mass is 10.2. The summed E-state index contributed by atoms with van der Waals surface area (Å²) in [6.07, 6.45) is 5.03. The summed E-state index contributed by atoms with van der Waals surface area (Å²) < 4.78 is 26.4. The molecule has 108 valence electrons. The second-order valence-electron chi connectivity index (χ2n) is 4.55. The molecular weight excluding hydrogens is 262 g/mol. The predicted molar refractivity (Wildman–Crippen MR) is 77.4 cm³/mol. The molecule has 1 atom stereocenters. The highest BCUT2D eigenvalue weighted by atomic mass is 32.2. The predicted octanol–water partition coefficient (Wildman–Crippen LogP) is 1.45. The summed E-state index contributed by atoms with van der Waals surface area (Å²) in [5.74, 6) is 0.147. The van der Waals surface area contributed by atoms with Gasteiger partial charge in [-0.1, -0.05) is 13.0 Å². The fourth-order valence-electron chi connectivity index (χ4n) is 1.72. The van der Waals surface area contributed by atoms with Gasteiger partial charge in [0, 0.05) is 18.4 Å². The zero-order valence-electron chi connectivity index (χ0n) is 11.6. The van der Waals surface area contributed by atoms with Gasteiger partial charge < -0.3 is 5.32 Å². The molecule has 6 heteroatoms. The van der Waals surface area contributed by atoms with Gasteiger partial charge in [0.1, 0.15) is 0 Å². The third-order valence-corrected chi connectivity index (χ3v) is 4.27. The molecule has 2 N–H and O–H groups in total. The van der Waals surface area contributed by atoms with Gasteiger partial charge in [0.05, 0.1) is 5.75 Å². The lowest BCUT2D eigenvalue weighted by Crippen LogP contribution is -2.30. The second-order valence-corrected chi connectivity index (χ2v) is 6.42. The molecule has 0 aliphatic rings. The van der Waals surface area contributed by atoms with Crippen molar-refractivity contribution in [2.45, 2.75) is 32.7 Å². The van der Waals surface area contributed by atoms with Gasteiger partial charge in [-0.25, -0.2) is 13.1 Å². The Kier molecular flexibility index (Phi) is 6.97. The highest BCUT2D eigenvalue weighted by molar-refractivity contribution is 7.89. The average Bonchev–Trinajstić information content (AvgIpc) is 2.39. The summed E-state index contributed by atoms with van der Waals surface area (Å²) in [4.78, 5) is 3.99. The van der Waals surface area contributed by atoms with Crippen LogP contribution >= 0.6 is 0 Å². The van der Waals surface area contributed by atoms with Crippen LogP contribution in [0.15, 0.2) is 24.5 Å². The van der Waals surface area contributed by atoms with E-state index >= 15 is 0 Å². The molecule has 0 aromatic carbocycles. The Morgan fingerprint density at radius 3 is 2.79 bits per heavy atom. The van der Waals surface area contributed by atoms with Crippen molar-refractivity contribution in [3.63, 3.8) is 0 Å². The van der Waals surface area contributed by atoms with Crippen molar-refractivity contribution < 1.29 is 8.42 Å². The first kappa shape index (κ1) is 16.1. The molecule has 0 saturated carbocycles. The van der Waals surface area contributed by atoms with Gasteiger partial charge in [-0.3, -0.25) is 4.98 Å². The number of sulfonamides is 1. The third-order valence-electron chi connectivity index (χ3n) is 2.73. The molecule has 0 amide bonds. The van der Waals surface area contributed by atoms with Crippen molar-refractivity contribution in [2.24, 2.45) is 0 Å². The lowest BCUT2D eigenvalue weighted by Gasteiger charge is -2.14. The van der Waals surface area contributed by atoms with Crippen LogP contribution in [0.4, 0.5) is 0 Å². The zero-order valence-corrected chi connectivity index (χ0v) is 12.4. The van der Waals surface area contributed by atoms with Gasteiger partial charge in [0.2, 0.25) is 10.0 Å². The van der Waals surface area contributed by atoms with E-state index in [2.05, 4.69) is 21.9 Å². The SMILES string of the molecule is CCCNCCCS(=O)(=O)NC(C)c1cccnc1. The van der Waals surface area contributed by atoms with Gasteiger partial charge in [0.15, 0.2) is 0 Å². The Hall–Kier alpha value is -0.980. The molecule has 1 aromatic rings. The maximum Gasteiger partial charge on any atom is 0.212 e. The molecule has 19 heavy (non-hydrogen) atoms. The maximum absolute atomic E-state index is 11.9. The van der Waals surface area contributed by atoms with E-state index in [4.69, 9.17) is 0 Å². The number of aromatic nitrogens is 1. The second kappa shape index (κ2) is 8.24. The fourth-order valence-corrected chi connectivity index (χ4v) is 3.03. The summed E-state index contributed by atoms with van der Waals surface area (Å²) in [6, 6.07) is 3.42. The van der Waals surface area contributed by atoms with Crippen LogP contribution in [0.1, 0.15) is 38.3 Å². The van der Waals surface area contributed by atoms with E-state index in [9.17, 15) is 8.42 Å². The molecule has 0 aliphatic heterocycles. The molecule has 1 aromatic heterocycles. The van der Waals surface area contributed by atoms with E-state index in [0.717, 1.165) is 25.1 Å². The van der Waals surface area contributed by atoms with Crippen LogP contribution in [-0.4, -0.2) is 32.2 Å². The van der Waals surface area contributed by atoms with Crippen LogP contribution in [0.3, 0.4) is 0 Å². The molecule has 0 fully saturated rings. The Balaban J connectivity index is 2.38. The fraction of sp³-hybridized carbons (Fsp3) is 0.615. The van der Waals surface area contributed by atoms with Gasteiger partial charge in [0.25, 0.3) is 0 Å². The summed E-state index contributed by atoms with van der Waals surface area (Å²) >= 11 is 0. The number of pyridine rings is 1. The molecule has 1 rings (SSSR count). The van der Waals surface area contributed by atoms with Crippen molar-refractivity contribution >= 4 is 10.0 Å². The van der Waals surface area contributed by atoms with E-state index in [0.29, 0.717) is 6.42 Å². The highest BCUT2D eigenvalue weighted by Crippen LogP contribution is 2.11. The molecule has 0 spiro atoms. The molecule has 1 unspecified atom stereocenters. The minimum atomic E-state index is -3.23. The summed E-state index contributed by atoms with van der Waals surface area (Å²) in [5, 5.41) is 3.19. The van der Waals surface area contributed by atoms with Crippen LogP contribution < -0.4 is 10.0 Å². The summed E-state index contributed by atoms with van der Waals surface area (Å²) in [6.45, 7) is 5.57. The van der Waals surface area contributed by atoms with E-state index in [1.165, 1.54) is 0 Å². The maximum atomic E-state index is 11.9. The number of nitrogens with zero attached hydrogens (tertiary/aromatic N) is 1. The Morgan fingerprint density at radius 1 is 1.37 bits per heavy atom. The van der Waals surface area contributed by atoms with Gasteiger partial charge in [-0.2, -0.15) is 0 Å². The number of nitrogens with one attached hydrogen (secondary N) is 2. The molecular formula is C13H23N3O2S. The molecule has 0 radical (unpaired) electrons. The lowest BCUT2D eigenvalue weighted by molar-refractivity contribution is 0.560. The van der Waals surface area contributed by atoms with Crippen LogP contribution in [0.25, 0.3) is 0 Å². The quantitative estimate of drug-likeness (QED) is 0.674. The number of rotatable bonds is 9. The number of hydrogen-bond acceptors (Lipinski definition) is 4. The minimum Gasteiger partial charge on any atom is -0.317 e. The van der Waals surface area contributed by atoms with E-state index in [1.807, 2.05) is 13.0 Å². The molecule has 0 aliphatic carbocycles. The van der Waals surface area contributed by atoms with E-state index < -0.39 is 10.0 Å². The van der Waals surface area contributed by atoms with E-state index in [1.54, 1.807) is 18.5 Å². The summed E-state index contributed by atoms with van der Waals surface area (Å²) in [7, 11) is -3.23. The third kappa shape index (κ3) is 6.66. The van der Waals surface area contributed by atoms with Gasteiger partial charge >= 0.3 is 0 Å². The van der Waals surface area contributed by atoms with Crippen LogP contribution in [0.2, 0.25) is 0 Å². The standard InChI is InChI=1S/C13H23N3O2S/c1-3-7-14-9-5-10-19(17,18)16-12(2)13-6-4-8-15-11-13/h4,6,8,11-12,14,16H,3,5,7,9-10H2,1-2H3. The zero-order chi connectivity index (χ0) is 14.1. The first-order valence-corrected chi connectivity index (χ1v) is 8.31. The Bertz CT molecular complexity index is 448. The topological polar surface area (TPSA) is 71.1 Å². The van der Waals surface area contributed by atoms with Crippen LogP contribution in [0, 0.1) is 0 Å². The Labute approximate surface area is 115 Å². The van der Waals surface area contributed by atoms with Gasteiger partial charge in [-0.05, 0) is 44.5 Å². The molecule has 5 nitrogen and oxygen atoms in total. The average molecular weight is 285 g/mol. The van der Waals surface area contributed by atoms with Crippen molar-refractivity contribution in [1.82, 2.24) is 15.0 Å². The smallest absolute Gasteiger partial charge is 0.212 e. The molecule has 0 saturated heterocycles. The van der Waals surface area contributed by atoms with Crippen molar-refractivity contribution in [3.8, 4) is 0 Å². The highest BCUT2D eigenvalue weighted by Gasteiger charge is 2.15. The largest absolute Gasteiger partial charge is 0.317 e. The van der Waals surface area contributed by atoms with Crippen LogP contribution in [-0.2, 0) is 10.0 Å². The van der Waals surface area contributed by atoms with Crippen molar-refractivity contribution in [1.29, 1.82) is 0 Å². The summed E-state index contributed by atoms with van der Waals surface area (Å²) in [5.41, 5.74) is 0.871. The number of hydrogen-bond donors (Lipinski definition) is 2.